The predicted octanol–water partition coefficient (Wildman–Crippen LogP) is 4.90. The summed E-state index contributed by atoms with van der Waals surface area (Å²) in [5.41, 5.74) is -0.319. The van der Waals surface area contributed by atoms with Crippen LogP contribution in [0.4, 0.5) is 9.59 Å². The molecule has 0 aliphatic rings. The molecule has 0 aliphatic heterocycles. The average Bonchev–Trinajstić information content (AvgIpc) is 2.84. The van der Waals surface area contributed by atoms with Gasteiger partial charge in [0.25, 0.3) is 0 Å². The van der Waals surface area contributed by atoms with Crippen LogP contribution in [0.25, 0.3) is 0 Å². The Labute approximate surface area is 254 Å². The number of hydrogen-bond donors (Lipinski definition) is 4. The number of nitrogens with zero attached hydrogens (tertiary/aromatic N) is 1. The first kappa shape index (κ1) is 37.7. The van der Waals surface area contributed by atoms with Gasteiger partial charge in [0, 0.05) is 18.1 Å². The van der Waals surface area contributed by atoms with E-state index in [9.17, 15) is 18.9 Å². The number of phosphoric acid groups is 1. The van der Waals surface area contributed by atoms with Gasteiger partial charge in [-0.25, -0.2) is 14.2 Å². The molecule has 240 valence electrons. The third-order valence-electron chi connectivity index (χ3n) is 6.03. The lowest BCUT2D eigenvalue weighted by molar-refractivity contribution is -0.135. The Hall–Kier alpha value is -2.37. The Bertz CT molecular complexity index is 1080. The van der Waals surface area contributed by atoms with Crippen LogP contribution in [-0.2, 0) is 29.8 Å². The van der Waals surface area contributed by atoms with Crippen molar-refractivity contribution in [1.29, 1.82) is 0 Å². The molecule has 0 spiro atoms. The molecule has 0 saturated heterocycles. The number of nitrogens with one attached hydrogen (secondary N) is 2. The standard InChI is InChI=1S/C28H47ClN3O9P/c1-9-14-32(18-27(5,6)15-21-10-12-22(29)13-11-21)24(33)23(19(2)3)31-25(34)30-17-28(7,8)40-26(35)39-16-20(4)41-42(36,37)38/h10-13,19-20,23H,9,14-18H2,1-8H3,(H2,30,31,34)(H2,36,37,38)/t20?,23-/m1/s1. The molecule has 42 heavy (non-hydrogen) atoms. The summed E-state index contributed by atoms with van der Waals surface area (Å²) in [5.74, 6) is -0.379. The van der Waals surface area contributed by atoms with E-state index < -0.39 is 44.4 Å². The van der Waals surface area contributed by atoms with Crippen LogP contribution < -0.4 is 10.6 Å². The zero-order valence-corrected chi connectivity index (χ0v) is 27.5. The fourth-order valence-corrected chi connectivity index (χ4v) is 4.86. The maximum absolute atomic E-state index is 13.7. The van der Waals surface area contributed by atoms with Gasteiger partial charge in [0.1, 0.15) is 24.4 Å². The number of amides is 3. The molecule has 2 atom stereocenters. The van der Waals surface area contributed by atoms with Crippen LogP contribution in [-0.4, -0.2) is 76.8 Å². The van der Waals surface area contributed by atoms with E-state index in [1.165, 1.54) is 6.92 Å². The minimum absolute atomic E-state index is 0.103. The second-order valence-corrected chi connectivity index (χ2v) is 13.7. The van der Waals surface area contributed by atoms with Crippen molar-refractivity contribution in [2.45, 2.75) is 86.0 Å². The SMILES string of the molecule is CCCN(CC(C)(C)Cc1ccc(Cl)cc1)C(=O)[C@H](NC(=O)NCC(C)(C)OC(=O)OCC(C)OP(=O)(O)O)C(C)C. The van der Waals surface area contributed by atoms with E-state index in [0.717, 1.165) is 18.4 Å². The summed E-state index contributed by atoms with van der Waals surface area (Å²) >= 11 is 6.02. The van der Waals surface area contributed by atoms with Crippen molar-refractivity contribution >= 4 is 37.5 Å². The number of benzene rings is 1. The number of rotatable bonds is 16. The van der Waals surface area contributed by atoms with E-state index in [4.69, 9.17) is 30.9 Å². The molecular weight excluding hydrogens is 589 g/mol. The van der Waals surface area contributed by atoms with Crippen molar-refractivity contribution in [2.24, 2.45) is 11.3 Å². The van der Waals surface area contributed by atoms with Crippen molar-refractivity contribution in [3.8, 4) is 0 Å². The lowest BCUT2D eigenvalue weighted by Crippen LogP contribution is -2.56. The van der Waals surface area contributed by atoms with Gasteiger partial charge in [0.15, 0.2) is 0 Å². The molecule has 0 heterocycles. The number of hydrogen-bond acceptors (Lipinski definition) is 7. The van der Waals surface area contributed by atoms with Crippen LogP contribution in [0, 0.1) is 11.3 Å². The quantitative estimate of drug-likeness (QED) is 0.146. The first-order valence-corrected chi connectivity index (χ1v) is 15.8. The first-order valence-electron chi connectivity index (χ1n) is 13.9. The molecule has 1 unspecified atom stereocenters. The second kappa shape index (κ2) is 16.5. The number of carbonyl (C=O) groups excluding carboxylic acids is 3. The van der Waals surface area contributed by atoms with E-state index in [1.807, 2.05) is 45.0 Å². The van der Waals surface area contributed by atoms with Gasteiger partial charge in [0.05, 0.1) is 6.54 Å². The monoisotopic (exact) mass is 635 g/mol. The van der Waals surface area contributed by atoms with Crippen LogP contribution in [0.5, 0.6) is 0 Å². The van der Waals surface area contributed by atoms with Crippen LogP contribution in [0.2, 0.25) is 5.02 Å². The van der Waals surface area contributed by atoms with Gasteiger partial charge in [-0.1, -0.05) is 58.4 Å². The summed E-state index contributed by atoms with van der Waals surface area (Å²) in [6.07, 6.45) is -0.669. The third-order valence-corrected chi connectivity index (χ3v) is 6.91. The maximum atomic E-state index is 13.7. The number of ether oxygens (including phenoxy) is 2. The molecule has 0 bridgehead atoms. The van der Waals surface area contributed by atoms with Gasteiger partial charge in [-0.2, -0.15) is 0 Å². The Morgan fingerprint density at radius 1 is 1.07 bits per heavy atom. The predicted molar refractivity (Wildman–Crippen MR) is 160 cm³/mol. The van der Waals surface area contributed by atoms with Gasteiger partial charge >= 0.3 is 20.0 Å². The van der Waals surface area contributed by atoms with Gasteiger partial charge in [-0.15, -0.1) is 0 Å². The molecule has 0 aromatic heterocycles. The number of urea groups is 1. The van der Waals surface area contributed by atoms with Crippen molar-refractivity contribution in [2.75, 3.05) is 26.2 Å². The van der Waals surface area contributed by atoms with E-state index in [1.54, 1.807) is 18.7 Å². The molecule has 14 heteroatoms. The van der Waals surface area contributed by atoms with Gasteiger partial charge < -0.3 is 34.8 Å². The van der Waals surface area contributed by atoms with Crippen LogP contribution in [0.1, 0.15) is 67.4 Å². The fraction of sp³-hybridized carbons (Fsp3) is 0.679. The fourth-order valence-electron chi connectivity index (χ4n) is 4.20. The van der Waals surface area contributed by atoms with Crippen LogP contribution >= 0.6 is 19.4 Å². The molecule has 3 amide bonds. The topological polar surface area (TPSA) is 164 Å². The smallest absolute Gasteiger partial charge is 0.432 e. The largest absolute Gasteiger partial charge is 0.508 e. The number of halogens is 1. The lowest BCUT2D eigenvalue weighted by Gasteiger charge is -2.36. The summed E-state index contributed by atoms with van der Waals surface area (Å²) in [4.78, 5) is 57.9. The van der Waals surface area contributed by atoms with E-state index in [2.05, 4.69) is 29.0 Å². The van der Waals surface area contributed by atoms with Crippen molar-refractivity contribution in [3.63, 3.8) is 0 Å². The summed E-state index contributed by atoms with van der Waals surface area (Å²) in [5, 5.41) is 6.06. The summed E-state index contributed by atoms with van der Waals surface area (Å²) in [7, 11) is -4.73. The van der Waals surface area contributed by atoms with Crippen molar-refractivity contribution in [1.82, 2.24) is 15.5 Å². The van der Waals surface area contributed by atoms with E-state index in [-0.39, 0.29) is 23.8 Å². The summed E-state index contributed by atoms with van der Waals surface area (Å²) in [6, 6.07) is 6.26. The lowest BCUT2D eigenvalue weighted by atomic mass is 9.84. The Kier molecular flexibility index (Phi) is 14.8. The molecular formula is C28H47ClN3O9P. The van der Waals surface area contributed by atoms with E-state index in [0.29, 0.717) is 18.1 Å². The molecule has 0 radical (unpaired) electrons. The highest BCUT2D eigenvalue weighted by molar-refractivity contribution is 7.46. The molecule has 0 aliphatic carbocycles. The molecule has 4 N–H and O–H groups in total. The molecule has 12 nitrogen and oxygen atoms in total. The number of phosphoric ester groups is 1. The maximum Gasteiger partial charge on any atom is 0.508 e. The van der Waals surface area contributed by atoms with E-state index >= 15 is 0 Å². The highest BCUT2D eigenvalue weighted by atomic mass is 35.5. The highest BCUT2D eigenvalue weighted by Crippen LogP contribution is 2.37. The van der Waals surface area contributed by atoms with Gasteiger partial charge in [-0.3, -0.25) is 9.32 Å². The van der Waals surface area contributed by atoms with Crippen molar-refractivity contribution in [3.05, 3.63) is 34.9 Å². The molecule has 1 aromatic carbocycles. The normalized spacial score (nSPS) is 13.7. The molecule has 0 saturated carbocycles. The van der Waals surface area contributed by atoms with Crippen molar-refractivity contribution < 1.29 is 42.7 Å². The second-order valence-electron chi connectivity index (χ2n) is 12.1. The zero-order valence-electron chi connectivity index (χ0n) is 25.8. The Morgan fingerprint density at radius 2 is 1.67 bits per heavy atom. The minimum Gasteiger partial charge on any atom is -0.432 e. The minimum atomic E-state index is -4.73. The Morgan fingerprint density at radius 3 is 2.19 bits per heavy atom. The molecule has 0 fully saturated rings. The Balaban J connectivity index is 2.75. The average molecular weight is 636 g/mol. The van der Waals surface area contributed by atoms with Crippen LogP contribution in [0.15, 0.2) is 24.3 Å². The third kappa shape index (κ3) is 15.2. The zero-order chi connectivity index (χ0) is 32.3. The molecule has 1 rings (SSSR count). The highest BCUT2D eigenvalue weighted by Gasteiger charge is 2.33. The van der Waals surface area contributed by atoms with Gasteiger partial charge in [0.2, 0.25) is 5.91 Å². The molecule has 1 aromatic rings. The number of carbonyl (C=O) groups is 3. The first-order chi connectivity index (χ1) is 19.2. The summed E-state index contributed by atoms with van der Waals surface area (Å²) in [6.45, 7) is 14.8. The van der Waals surface area contributed by atoms with Crippen LogP contribution in [0.3, 0.4) is 0 Å². The van der Waals surface area contributed by atoms with Gasteiger partial charge in [-0.05, 0) is 62.6 Å². The summed E-state index contributed by atoms with van der Waals surface area (Å²) < 4.78 is 25.3.